The number of rotatable bonds is 9. The first-order chi connectivity index (χ1) is 17.9. The van der Waals surface area contributed by atoms with E-state index in [1.165, 1.54) is 11.1 Å². The Balaban J connectivity index is 0.000000652. The number of hydrogen-bond acceptors (Lipinski definition) is 6. The van der Waals surface area contributed by atoms with Crippen molar-refractivity contribution in [3.05, 3.63) is 96.1 Å². The molecule has 0 radical (unpaired) electrons. The maximum atomic E-state index is 9.59. The van der Waals surface area contributed by atoms with Crippen molar-refractivity contribution in [2.45, 2.75) is 33.9 Å². The van der Waals surface area contributed by atoms with Crippen LogP contribution in [0.3, 0.4) is 0 Å². The average molecular weight is 556 g/mol. The van der Waals surface area contributed by atoms with Crippen molar-refractivity contribution in [3.8, 4) is 0 Å². The lowest BCUT2D eigenvalue weighted by Crippen LogP contribution is -2.25. The predicted molar refractivity (Wildman–Crippen MR) is 162 cm³/mol. The van der Waals surface area contributed by atoms with Gasteiger partial charge in [0.15, 0.2) is 5.82 Å². The smallest absolute Gasteiger partial charge is 0.403 e. The standard InChI is InChI=1S/C27H30N4.C3H5ClO2.ClH/c1-20(2)17-29-26-23-15-9-10-16-24(23)30-27(25(26)28)31(18-21-11-5-3-6-12-21)19-22-13-7-4-8-14-22;1-2-6-3(4)5;/h3-16,20H,17-19,28H2,1-2H3,(H,29,30);2H2,1H3;1H. The van der Waals surface area contributed by atoms with E-state index in [0.29, 0.717) is 18.2 Å². The number of fused-ring (bicyclic) bond motifs is 1. The van der Waals surface area contributed by atoms with E-state index >= 15 is 0 Å². The molecule has 0 bridgehead atoms. The molecule has 3 N–H and O–H groups in total. The molecule has 0 amide bonds. The summed E-state index contributed by atoms with van der Waals surface area (Å²) < 4.78 is 4.17. The minimum absolute atomic E-state index is 0. The number of anilines is 3. The largest absolute Gasteiger partial charge is 0.454 e. The summed E-state index contributed by atoms with van der Waals surface area (Å²) in [5, 5.41) is 4.65. The maximum Gasteiger partial charge on any atom is 0.403 e. The van der Waals surface area contributed by atoms with Crippen molar-refractivity contribution >= 4 is 57.5 Å². The van der Waals surface area contributed by atoms with Gasteiger partial charge >= 0.3 is 5.43 Å². The van der Waals surface area contributed by atoms with Crippen LogP contribution >= 0.6 is 24.0 Å². The molecule has 1 heterocycles. The molecule has 0 aliphatic carbocycles. The normalized spacial score (nSPS) is 10.2. The minimum Gasteiger partial charge on any atom is -0.454 e. The summed E-state index contributed by atoms with van der Waals surface area (Å²) in [7, 11) is 0. The van der Waals surface area contributed by atoms with E-state index in [0.717, 1.165) is 42.0 Å². The van der Waals surface area contributed by atoms with Crippen molar-refractivity contribution in [2.24, 2.45) is 5.92 Å². The summed E-state index contributed by atoms with van der Waals surface area (Å²) in [6.45, 7) is 8.76. The minimum atomic E-state index is -0.738. The summed E-state index contributed by atoms with van der Waals surface area (Å²) in [5.74, 6) is 1.33. The molecule has 38 heavy (non-hydrogen) atoms. The Kier molecular flexibility index (Phi) is 12.7. The number of para-hydroxylation sites is 1. The zero-order valence-electron chi connectivity index (χ0n) is 22.1. The molecule has 0 spiro atoms. The van der Waals surface area contributed by atoms with Gasteiger partial charge < -0.3 is 20.7 Å². The second-order valence-electron chi connectivity index (χ2n) is 9.01. The number of nitrogens with zero attached hydrogens (tertiary/aromatic N) is 2. The first-order valence-corrected chi connectivity index (χ1v) is 12.8. The van der Waals surface area contributed by atoms with Crippen molar-refractivity contribution in [2.75, 3.05) is 29.1 Å². The highest BCUT2D eigenvalue weighted by atomic mass is 35.5. The van der Waals surface area contributed by atoms with E-state index in [1.807, 2.05) is 24.3 Å². The Morgan fingerprint density at radius 2 is 1.47 bits per heavy atom. The molecular weight excluding hydrogens is 519 g/mol. The lowest BCUT2D eigenvalue weighted by molar-refractivity contribution is 0.180. The van der Waals surface area contributed by atoms with Gasteiger partial charge in [-0.3, -0.25) is 0 Å². The molecule has 0 aliphatic heterocycles. The van der Waals surface area contributed by atoms with Gasteiger partial charge in [-0.1, -0.05) is 92.7 Å². The third kappa shape index (κ3) is 9.12. The SMILES string of the molecule is CC(C)CNc1c(N)c(N(Cc2ccccc2)Cc2ccccc2)nc2ccccc12.CCOC(=O)Cl.Cl. The van der Waals surface area contributed by atoms with Crippen LogP contribution in [0.2, 0.25) is 0 Å². The van der Waals surface area contributed by atoms with Crippen molar-refractivity contribution in [1.82, 2.24) is 4.98 Å². The highest BCUT2D eigenvalue weighted by molar-refractivity contribution is 6.61. The van der Waals surface area contributed by atoms with Gasteiger partial charge in [-0.25, -0.2) is 9.78 Å². The Hall–Kier alpha value is -3.48. The van der Waals surface area contributed by atoms with Gasteiger partial charge in [-0.15, -0.1) is 12.4 Å². The third-order valence-electron chi connectivity index (χ3n) is 5.59. The average Bonchev–Trinajstić information content (AvgIpc) is 2.89. The summed E-state index contributed by atoms with van der Waals surface area (Å²) >= 11 is 4.72. The summed E-state index contributed by atoms with van der Waals surface area (Å²) in [6.07, 6.45) is 0. The quantitative estimate of drug-likeness (QED) is 0.205. The molecule has 3 aromatic carbocycles. The number of nitrogens with one attached hydrogen (secondary N) is 1. The van der Waals surface area contributed by atoms with E-state index < -0.39 is 5.43 Å². The molecule has 8 heteroatoms. The van der Waals surface area contributed by atoms with Gasteiger partial charge in [0.25, 0.3) is 0 Å². The Morgan fingerprint density at radius 3 is 1.95 bits per heavy atom. The summed E-state index contributed by atoms with van der Waals surface area (Å²) in [5.41, 5.74) is 11.1. The molecule has 0 unspecified atom stereocenters. The van der Waals surface area contributed by atoms with Gasteiger partial charge in [0.2, 0.25) is 0 Å². The third-order valence-corrected chi connectivity index (χ3v) is 5.70. The highest BCUT2D eigenvalue weighted by Crippen LogP contribution is 2.37. The van der Waals surface area contributed by atoms with Crippen LogP contribution in [0.4, 0.5) is 22.0 Å². The van der Waals surface area contributed by atoms with E-state index in [4.69, 9.17) is 22.3 Å². The molecule has 0 aliphatic rings. The summed E-state index contributed by atoms with van der Waals surface area (Å²) in [4.78, 5) is 16.9. The number of aromatic nitrogens is 1. The number of pyridine rings is 1. The lowest BCUT2D eigenvalue weighted by atomic mass is 10.1. The number of hydrogen-bond donors (Lipinski definition) is 2. The molecule has 0 saturated carbocycles. The van der Waals surface area contributed by atoms with Crippen LogP contribution in [0.5, 0.6) is 0 Å². The fourth-order valence-corrected chi connectivity index (χ4v) is 3.99. The molecule has 202 valence electrons. The predicted octanol–water partition coefficient (Wildman–Crippen LogP) is 7.90. The van der Waals surface area contributed by atoms with Crippen molar-refractivity contribution in [1.29, 1.82) is 0 Å². The van der Waals surface area contributed by atoms with Crippen LogP contribution < -0.4 is 16.0 Å². The highest BCUT2D eigenvalue weighted by Gasteiger charge is 2.19. The van der Waals surface area contributed by atoms with E-state index in [9.17, 15) is 4.79 Å². The topological polar surface area (TPSA) is 80.5 Å². The molecule has 0 atom stereocenters. The zero-order chi connectivity index (χ0) is 26.6. The Morgan fingerprint density at radius 1 is 0.947 bits per heavy atom. The van der Waals surface area contributed by atoms with Crippen LogP contribution in [0.1, 0.15) is 31.9 Å². The van der Waals surface area contributed by atoms with E-state index in [-0.39, 0.29) is 12.4 Å². The zero-order valence-corrected chi connectivity index (χ0v) is 23.6. The van der Waals surface area contributed by atoms with Gasteiger partial charge in [0.1, 0.15) is 0 Å². The van der Waals surface area contributed by atoms with Crippen molar-refractivity contribution in [3.63, 3.8) is 0 Å². The van der Waals surface area contributed by atoms with Crippen LogP contribution in [0.15, 0.2) is 84.9 Å². The molecule has 4 rings (SSSR count). The van der Waals surface area contributed by atoms with Crippen LogP contribution in [-0.2, 0) is 17.8 Å². The molecule has 0 saturated heterocycles. The second-order valence-corrected chi connectivity index (χ2v) is 9.32. The molecule has 1 aromatic heterocycles. The van der Waals surface area contributed by atoms with E-state index in [1.54, 1.807) is 6.92 Å². The van der Waals surface area contributed by atoms with Crippen LogP contribution in [0.25, 0.3) is 10.9 Å². The summed E-state index contributed by atoms with van der Waals surface area (Å²) in [6, 6.07) is 29.2. The maximum absolute atomic E-state index is 9.59. The Bertz CT molecular complexity index is 1230. The fraction of sp³-hybridized carbons (Fsp3) is 0.267. The van der Waals surface area contributed by atoms with Crippen LogP contribution in [0, 0.1) is 5.92 Å². The van der Waals surface area contributed by atoms with Gasteiger partial charge in [-0.05, 0) is 30.0 Å². The van der Waals surface area contributed by atoms with Gasteiger partial charge in [-0.2, -0.15) is 0 Å². The molecule has 6 nitrogen and oxygen atoms in total. The molecule has 0 fully saturated rings. The number of nitrogen functional groups attached to an aromatic ring is 1. The monoisotopic (exact) mass is 554 g/mol. The number of halogens is 2. The first-order valence-electron chi connectivity index (χ1n) is 12.5. The Labute approximate surface area is 236 Å². The number of carbonyl (C=O) groups is 1. The van der Waals surface area contributed by atoms with Crippen molar-refractivity contribution < 1.29 is 9.53 Å². The van der Waals surface area contributed by atoms with Crippen LogP contribution in [-0.4, -0.2) is 23.6 Å². The number of benzene rings is 3. The first kappa shape index (κ1) is 30.7. The fourth-order valence-electron chi connectivity index (χ4n) is 3.88. The lowest BCUT2D eigenvalue weighted by Gasteiger charge is -2.27. The number of ether oxygens (including phenoxy) is 1. The molecule has 4 aromatic rings. The van der Waals surface area contributed by atoms with Gasteiger partial charge in [0.05, 0.1) is 23.5 Å². The van der Waals surface area contributed by atoms with Gasteiger partial charge in [0, 0.05) is 36.6 Å². The van der Waals surface area contributed by atoms with E-state index in [2.05, 4.69) is 89.5 Å². The number of nitrogens with two attached hydrogens (primary N) is 1. The molecular formula is C30H36Cl2N4O2. The number of carbonyl (C=O) groups excluding carboxylic acids is 1. The second kappa shape index (κ2) is 15.7.